The summed E-state index contributed by atoms with van der Waals surface area (Å²) in [5, 5.41) is 7.11. The van der Waals surface area contributed by atoms with E-state index in [1.807, 2.05) is 48.5 Å². The van der Waals surface area contributed by atoms with Crippen molar-refractivity contribution in [2.45, 2.75) is 25.8 Å². The van der Waals surface area contributed by atoms with Crippen LogP contribution in [-0.4, -0.2) is 42.0 Å². The number of carbonyl (C=O) groups is 1. The highest BCUT2D eigenvalue weighted by molar-refractivity contribution is 7.22. The number of fused-ring (bicyclic) bond motifs is 1. The van der Waals surface area contributed by atoms with Crippen LogP contribution in [0, 0.1) is 0 Å². The molecule has 1 aromatic heterocycles. The number of hydrogen-bond acceptors (Lipinski definition) is 7. The summed E-state index contributed by atoms with van der Waals surface area (Å²) in [6, 6.07) is 20.8. The van der Waals surface area contributed by atoms with Gasteiger partial charge in [-0.2, -0.15) is 0 Å². The van der Waals surface area contributed by atoms with Gasteiger partial charge >= 0.3 is 0 Å². The lowest BCUT2D eigenvalue weighted by Crippen LogP contribution is -2.33. The second kappa shape index (κ2) is 11.4. The van der Waals surface area contributed by atoms with E-state index in [1.165, 1.54) is 32.4 Å². The number of nitrogen functional groups attached to an aromatic ring is 1. The van der Waals surface area contributed by atoms with E-state index in [1.54, 1.807) is 23.5 Å². The van der Waals surface area contributed by atoms with Gasteiger partial charge in [-0.15, -0.1) is 0 Å². The van der Waals surface area contributed by atoms with Crippen molar-refractivity contribution in [1.29, 1.82) is 0 Å². The topological polar surface area (TPSA) is 92.5 Å². The van der Waals surface area contributed by atoms with E-state index in [9.17, 15) is 4.79 Å². The van der Waals surface area contributed by atoms with Crippen molar-refractivity contribution >= 4 is 44.0 Å². The van der Waals surface area contributed by atoms with Gasteiger partial charge in [0.05, 0.1) is 21.6 Å². The van der Waals surface area contributed by atoms with Crippen LogP contribution in [-0.2, 0) is 6.54 Å². The number of nitrogens with zero attached hydrogens (tertiary/aromatic N) is 2. The number of para-hydroxylation sites is 2. The van der Waals surface area contributed by atoms with Gasteiger partial charge < -0.3 is 21.1 Å². The molecule has 4 N–H and O–H groups in total. The number of nitrogens with one attached hydrogen (secondary N) is 2. The number of nitrogens with two attached hydrogens (primary N) is 1. The van der Waals surface area contributed by atoms with Gasteiger partial charge in [-0.1, -0.05) is 42.0 Å². The number of likely N-dealkylation sites (tertiary alicyclic amines) is 1. The number of ether oxygens (including phenoxy) is 1. The third-order valence-electron chi connectivity index (χ3n) is 6.35. The summed E-state index contributed by atoms with van der Waals surface area (Å²) < 4.78 is 7.10. The summed E-state index contributed by atoms with van der Waals surface area (Å²) in [4.78, 5) is 19.7. The standard InChI is InChI=1S/C28H31N5O2S/c29-23-6-2-3-7-24(23)31-27(34)21-10-8-20(9-11-21)19-30-28-32-25-13-12-22(18-26(25)36-28)35-17-16-33-14-4-1-5-15-33/h2-3,6-13,18H,1,4-5,14-17,19,29H2,(H,30,32)(H,31,34). The molecule has 0 spiro atoms. The highest BCUT2D eigenvalue weighted by atomic mass is 32.1. The van der Waals surface area contributed by atoms with E-state index in [0.717, 1.165) is 33.2 Å². The van der Waals surface area contributed by atoms with Gasteiger partial charge in [0.1, 0.15) is 12.4 Å². The lowest BCUT2D eigenvalue weighted by atomic mass is 10.1. The Labute approximate surface area is 215 Å². The largest absolute Gasteiger partial charge is 0.492 e. The van der Waals surface area contributed by atoms with Crippen LogP contribution < -0.4 is 21.1 Å². The van der Waals surface area contributed by atoms with Crippen molar-refractivity contribution in [2.75, 3.05) is 42.6 Å². The molecule has 3 aromatic carbocycles. The molecule has 0 atom stereocenters. The Bertz CT molecular complexity index is 1320. The van der Waals surface area contributed by atoms with Crippen molar-refractivity contribution in [3.8, 4) is 5.75 Å². The second-order valence-corrected chi connectivity index (χ2v) is 10.0. The molecule has 8 heteroatoms. The minimum atomic E-state index is -0.187. The highest BCUT2D eigenvalue weighted by Crippen LogP contribution is 2.29. The summed E-state index contributed by atoms with van der Waals surface area (Å²) in [7, 11) is 0. The number of thiazole rings is 1. The van der Waals surface area contributed by atoms with Gasteiger partial charge in [0.15, 0.2) is 5.13 Å². The highest BCUT2D eigenvalue weighted by Gasteiger charge is 2.11. The molecule has 5 rings (SSSR count). The van der Waals surface area contributed by atoms with Crippen LogP contribution in [0.2, 0.25) is 0 Å². The van der Waals surface area contributed by atoms with Crippen molar-refractivity contribution in [1.82, 2.24) is 9.88 Å². The fourth-order valence-corrected chi connectivity index (χ4v) is 5.19. The van der Waals surface area contributed by atoms with Crippen molar-refractivity contribution < 1.29 is 9.53 Å². The average Bonchev–Trinajstić information content (AvgIpc) is 3.32. The number of anilines is 3. The molecule has 1 aliphatic rings. The van der Waals surface area contributed by atoms with Gasteiger partial charge in [-0.05, 0) is 74.0 Å². The molecule has 4 aromatic rings. The molecule has 0 aliphatic carbocycles. The van der Waals surface area contributed by atoms with E-state index >= 15 is 0 Å². The fraction of sp³-hybridized carbons (Fsp3) is 0.286. The normalized spacial score (nSPS) is 14.0. The van der Waals surface area contributed by atoms with E-state index in [4.69, 9.17) is 15.5 Å². The molecule has 0 bridgehead atoms. The number of carbonyl (C=O) groups excluding carboxylic acids is 1. The molecule has 0 unspecified atom stereocenters. The molecule has 7 nitrogen and oxygen atoms in total. The van der Waals surface area contributed by atoms with Crippen molar-refractivity contribution in [3.05, 3.63) is 77.9 Å². The zero-order chi connectivity index (χ0) is 24.7. The average molecular weight is 502 g/mol. The molecular weight excluding hydrogens is 470 g/mol. The second-order valence-electron chi connectivity index (χ2n) is 8.99. The first-order valence-corrected chi connectivity index (χ1v) is 13.2. The quantitative estimate of drug-likeness (QED) is 0.258. The number of rotatable bonds is 9. The molecule has 1 saturated heterocycles. The molecular formula is C28H31N5O2S. The van der Waals surface area contributed by atoms with Crippen LogP contribution >= 0.6 is 11.3 Å². The summed E-state index contributed by atoms with van der Waals surface area (Å²) in [6.45, 7) is 4.68. The van der Waals surface area contributed by atoms with E-state index in [-0.39, 0.29) is 5.91 Å². The third kappa shape index (κ3) is 6.13. The number of amides is 1. The summed E-state index contributed by atoms with van der Waals surface area (Å²) in [6.07, 6.45) is 3.95. The minimum Gasteiger partial charge on any atom is -0.492 e. The van der Waals surface area contributed by atoms with Gasteiger partial charge in [-0.25, -0.2) is 4.98 Å². The van der Waals surface area contributed by atoms with Crippen LogP contribution in [0.25, 0.3) is 10.2 Å². The summed E-state index contributed by atoms with van der Waals surface area (Å²) in [5.41, 5.74) is 9.66. The molecule has 1 amide bonds. The summed E-state index contributed by atoms with van der Waals surface area (Å²) in [5.74, 6) is 0.702. The molecule has 186 valence electrons. The smallest absolute Gasteiger partial charge is 0.255 e. The Balaban J connectivity index is 1.13. The first-order valence-electron chi connectivity index (χ1n) is 12.4. The molecule has 0 radical (unpaired) electrons. The Morgan fingerprint density at radius 1 is 1.03 bits per heavy atom. The van der Waals surface area contributed by atoms with Crippen LogP contribution in [0.4, 0.5) is 16.5 Å². The number of piperidine rings is 1. The monoisotopic (exact) mass is 501 g/mol. The maximum atomic E-state index is 12.5. The zero-order valence-corrected chi connectivity index (χ0v) is 21.0. The summed E-state index contributed by atoms with van der Waals surface area (Å²) >= 11 is 1.61. The third-order valence-corrected chi connectivity index (χ3v) is 7.33. The van der Waals surface area contributed by atoms with Gasteiger partial charge in [-0.3, -0.25) is 9.69 Å². The maximum absolute atomic E-state index is 12.5. The van der Waals surface area contributed by atoms with Crippen LogP contribution in [0.5, 0.6) is 5.75 Å². The Morgan fingerprint density at radius 2 is 1.83 bits per heavy atom. The predicted octanol–water partition coefficient (Wildman–Crippen LogP) is 5.61. The van der Waals surface area contributed by atoms with Crippen molar-refractivity contribution in [3.63, 3.8) is 0 Å². The Morgan fingerprint density at radius 3 is 2.64 bits per heavy atom. The van der Waals surface area contributed by atoms with Crippen LogP contribution in [0.1, 0.15) is 35.2 Å². The Kier molecular flexibility index (Phi) is 7.64. The van der Waals surface area contributed by atoms with Crippen LogP contribution in [0.3, 0.4) is 0 Å². The van der Waals surface area contributed by atoms with E-state index in [0.29, 0.717) is 30.1 Å². The Hall–Kier alpha value is -3.62. The molecule has 1 fully saturated rings. The van der Waals surface area contributed by atoms with Gasteiger partial charge in [0, 0.05) is 18.7 Å². The zero-order valence-electron chi connectivity index (χ0n) is 20.2. The van der Waals surface area contributed by atoms with Gasteiger partial charge in [0.2, 0.25) is 0 Å². The van der Waals surface area contributed by atoms with Crippen molar-refractivity contribution in [2.24, 2.45) is 0 Å². The van der Waals surface area contributed by atoms with E-state index < -0.39 is 0 Å². The number of benzene rings is 3. The first-order chi connectivity index (χ1) is 17.6. The number of hydrogen-bond donors (Lipinski definition) is 3. The molecule has 2 heterocycles. The van der Waals surface area contributed by atoms with Gasteiger partial charge in [0.25, 0.3) is 5.91 Å². The predicted molar refractivity (Wildman–Crippen MR) is 148 cm³/mol. The lowest BCUT2D eigenvalue weighted by molar-refractivity contribution is 0.102. The lowest BCUT2D eigenvalue weighted by Gasteiger charge is -2.26. The molecule has 36 heavy (non-hydrogen) atoms. The SMILES string of the molecule is Nc1ccccc1NC(=O)c1ccc(CNc2nc3ccc(OCCN4CCCCC4)cc3s2)cc1. The minimum absolute atomic E-state index is 0.187. The molecule has 1 aliphatic heterocycles. The maximum Gasteiger partial charge on any atom is 0.255 e. The number of aromatic nitrogens is 1. The fourth-order valence-electron chi connectivity index (χ4n) is 4.30. The first kappa shape index (κ1) is 24.1. The van der Waals surface area contributed by atoms with E-state index in [2.05, 4.69) is 21.6 Å². The van der Waals surface area contributed by atoms with Crippen LogP contribution in [0.15, 0.2) is 66.7 Å². The molecule has 0 saturated carbocycles.